The van der Waals surface area contributed by atoms with Crippen LogP contribution in [-0.4, -0.2) is 87.5 Å². The SMILES string of the molecule is COc1c(OCCCN2CCOCC2)ccc2c1NC(NC(=O)c1ccsc1)N1CCN=C21. The smallest absolute Gasteiger partial charge is 0.255 e. The average Bonchev–Trinajstić information content (AvgIpc) is 3.55. The molecule has 0 spiro atoms. The van der Waals surface area contributed by atoms with Crippen molar-refractivity contribution >= 4 is 28.8 Å². The number of ether oxygens (including phenoxy) is 3. The Hall–Kier alpha value is -2.82. The Labute approximate surface area is 197 Å². The zero-order valence-corrected chi connectivity index (χ0v) is 19.5. The molecular weight excluding hydrogens is 442 g/mol. The number of carbonyl (C=O) groups excluding carboxylic acids is 1. The maximum Gasteiger partial charge on any atom is 0.255 e. The Bertz CT molecular complexity index is 1010. The van der Waals surface area contributed by atoms with Crippen LogP contribution in [0.25, 0.3) is 0 Å². The summed E-state index contributed by atoms with van der Waals surface area (Å²) in [7, 11) is 1.64. The summed E-state index contributed by atoms with van der Waals surface area (Å²) < 4.78 is 17.3. The van der Waals surface area contributed by atoms with Crippen LogP contribution in [0.3, 0.4) is 0 Å². The largest absolute Gasteiger partial charge is 0.491 e. The van der Waals surface area contributed by atoms with Crippen LogP contribution in [0.4, 0.5) is 5.69 Å². The molecule has 0 saturated carbocycles. The van der Waals surface area contributed by atoms with Crippen molar-refractivity contribution in [3.05, 3.63) is 40.1 Å². The lowest BCUT2D eigenvalue weighted by Crippen LogP contribution is -2.56. The molecule has 1 unspecified atom stereocenters. The van der Waals surface area contributed by atoms with E-state index < -0.39 is 6.29 Å². The lowest BCUT2D eigenvalue weighted by molar-refractivity contribution is 0.0357. The van der Waals surface area contributed by atoms with Gasteiger partial charge in [0, 0.05) is 37.1 Å². The van der Waals surface area contributed by atoms with Crippen molar-refractivity contribution in [3.63, 3.8) is 0 Å². The number of morpholine rings is 1. The molecule has 5 rings (SSSR count). The highest BCUT2D eigenvalue weighted by atomic mass is 32.1. The average molecular weight is 472 g/mol. The molecule has 1 aromatic carbocycles. The molecule has 2 aromatic rings. The Morgan fingerprint density at radius 3 is 2.97 bits per heavy atom. The van der Waals surface area contributed by atoms with E-state index in [0.717, 1.165) is 62.9 Å². The van der Waals surface area contributed by atoms with Gasteiger partial charge in [0.25, 0.3) is 5.91 Å². The van der Waals surface area contributed by atoms with E-state index in [1.165, 1.54) is 11.3 Å². The van der Waals surface area contributed by atoms with Gasteiger partial charge in [-0.25, -0.2) is 0 Å². The van der Waals surface area contributed by atoms with Crippen LogP contribution < -0.4 is 20.1 Å². The highest BCUT2D eigenvalue weighted by Gasteiger charge is 2.36. The maximum atomic E-state index is 12.7. The second-order valence-electron chi connectivity index (χ2n) is 8.11. The third kappa shape index (κ3) is 4.64. The van der Waals surface area contributed by atoms with E-state index >= 15 is 0 Å². The van der Waals surface area contributed by atoms with Gasteiger partial charge >= 0.3 is 0 Å². The highest BCUT2D eigenvalue weighted by molar-refractivity contribution is 7.08. The van der Waals surface area contributed by atoms with Gasteiger partial charge in [-0.2, -0.15) is 11.3 Å². The second-order valence-corrected chi connectivity index (χ2v) is 8.89. The van der Waals surface area contributed by atoms with Gasteiger partial charge in [0.05, 0.1) is 44.7 Å². The van der Waals surface area contributed by atoms with Crippen LogP contribution in [0.1, 0.15) is 22.3 Å². The number of rotatable bonds is 8. The maximum absolute atomic E-state index is 12.7. The number of methoxy groups -OCH3 is 1. The summed E-state index contributed by atoms with van der Waals surface area (Å²) in [6, 6.07) is 5.77. The normalized spacial score (nSPS) is 19.8. The third-order valence-corrected chi connectivity index (χ3v) is 6.75. The number of hydrogen-bond donors (Lipinski definition) is 2. The summed E-state index contributed by atoms with van der Waals surface area (Å²) >= 11 is 1.50. The van der Waals surface area contributed by atoms with E-state index in [4.69, 9.17) is 19.2 Å². The summed E-state index contributed by atoms with van der Waals surface area (Å²) in [4.78, 5) is 21.9. The zero-order chi connectivity index (χ0) is 22.6. The van der Waals surface area contributed by atoms with Crippen molar-refractivity contribution in [3.8, 4) is 11.5 Å². The molecule has 2 N–H and O–H groups in total. The van der Waals surface area contributed by atoms with Gasteiger partial charge in [0.15, 0.2) is 17.8 Å². The number of nitrogens with one attached hydrogen (secondary N) is 2. The fraction of sp³-hybridized carbons (Fsp3) is 0.478. The first-order valence-corrected chi connectivity index (χ1v) is 12.2. The minimum Gasteiger partial charge on any atom is -0.491 e. The molecule has 33 heavy (non-hydrogen) atoms. The zero-order valence-electron chi connectivity index (χ0n) is 18.7. The number of nitrogens with zero attached hydrogens (tertiary/aromatic N) is 3. The second kappa shape index (κ2) is 9.98. The Morgan fingerprint density at radius 2 is 2.18 bits per heavy atom. The number of thiophene rings is 1. The lowest BCUT2D eigenvalue weighted by Gasteiger charge is -2.38. The van der Waals surface area contributed by atoms with Gasteiger partial charge in [0.1, 0.15) is 5.84 Å². The number of anilines is 1. The Kier molecular flexibility index (Phi) is 6.65. The first kappa shape index (κ1) is 22.0. The predicted molar refractivity (Wildman–Crippen MR) is 128 cm³/mol. The van der Waals surface area contributed by atoms with E-state index in [-0.39, 0.29) is 5.91 Å². The summed E-state index contributed by atoms with van der Waals surface area (Å²) in [5.41, 5.74) is 2.39. The first-order chi connectivity index (χ1) is 16.2. The third-order valence-electron chi connectivity index (χ3n) is 6.06. The van der Waals surface area contributed by atoms with E-state index in [1.54, 1.807) is 7.11 Å². The Balaban J connectivity index is 1.30. The Morgan fingerprint density at radius 1 is 1.30 bits per heavy atom. The highest BCUT2D eigenvalue weighted by Crippen LogP contribution is 2.42. The number of amides is 1. The van der Waals surface area contributed by atoms with Crippen LogP contribution in [0.5, 0.6) is 11.5 Å². The monoisotopic (exact) mass is 471 g/mol. The van der Waals surface area contributed by atoms with Crippen LogP contribution in [0.15, 0.2) is 34.0 Å². The molecule has 0 bridgehead atoms. The van der Waals surface area contributed by atoms with Gasteiger partial charge in [0.2, 0.25) is 0 Å². The summed E-state index contributed by atoms with van der Waals surface area (Å²) in [6.45, 7) is 6.55. The molecule has 3 aliphatic rings. The van der Waals surface area contributed by atoms with Crippen LogP contribution >= 0.6 is 11.3 Å². The molecule has 9 nitrogen and oxygen atoms in total. The molecular formula is C23H29N5O4S. The fourth-order valence-electron chi connectivity index (χ4n) is 4.39. The number of hydrogen-bond acceptors (Lipinski definition) is 9. The van der Waals surface area contributed by atoms with Crippen LogP contribution in [0.2, 0.25) is 0 Å². The molecule has 3 aliphatic heterocycles. The number of aliphatic imine (C=N–C) groups is 1. The number of carbonyl (C=O) groups is 1. The molecule has 0 radical (unpaired) electrons. The fourth-order valence-corrected chi connectivity index (χ4v) is 5.02. The molecule has 1 saturated heterocycles. The van der Waals surface area contributed by atoms with Gasteiger partial charge in [-0.1, -0.05) is 0 Å². The van der Waals surface area contributed by atoms with Crippen molar-refractivity contribution in [2.45, 2.75) is 12.7 Å². The molecule has 1 amide bonds. The summed E-state index contributed by atoms with van der Waals surface area (Å²) in [5.74, 6) is 2.04. The number of fused-ring (bicyclic) bond motifs is 3. The number of benzene rings is 1. The predicted octanol–water partition coefficient (Wildman–Crippen LogP) is 2.06. The minimum absolute atomic E-state index is 0.127. The standard InChI is InChI=1S/C23H29N5O4S/c1-30-20-18(32-11-2-7-27-9-12-31-13-10-27)4-3-17-19(20)25-23(28-8-6-24-21(17)28)26-22(29)16-5-14-33-15-16/h3-5,14-15,23,25H,2,6-13H2,1H3,(H,26,29). The van der Waals surface area contributed by atoms with Gasteiger partial charge in [-0.15, -0.1) is 0 Å². The minimum atomic E-state index is -0.420. The molecule has 0 aliphatic carbocycles. The van der Waals surface area contributed by atoms with Crippen molar-refractivity contribution in [2.24, 2.45) is 4.99 Å². The van der Waals surface area contributed by atoms with E-state index in [0.29, 0.717) is 30.2 Å². The van der Waals surface area contributed by atoms with Crippen molar-refractivity contribution < 1.29 is 19.0 Å². The van der Waals surface area contributed by atoms with Crippen molar-refractivity contribution in [1.29, 1.82) is 0 Å². The topological polar surface area (TPSA) is 87.7 Å². The van der Waals surface area contributed by atoms with Crippen molar-refractivity contribution in [2.75, 3.05) is 65.0 Å². The van der Waals surface area contributed by atoms with E-state index in [1.807, 2.05) is 29.0 Å². The van der Waals surface area contributed by atoms with E-state index in [9.17, 15) is 4.79 Å². The molecule has 10 heteroatoms. The molecule has 1 aromatic heterocycles. The lowest BCUT2D eigenvalue weighted by atomic mass is 10.1. The summed E-state index contributed by atoms with van der Waals surface area (Å²) in [5, 5.41) is 10.3. The first-order valence-electron chi connectivity index (χ1n) is 11.3. The van der Waals surface area contributed by atoms with Crippen LogP contribution in [0, 0.1) is 0 Å². The summed E-state index contributed by atoms with van der Waals surface area (Å²) in [6.07, 6.45) is 0.504. The number of amidine groups is 1. The van der Waals surface area contributed by atoms with E-state index in [2.05, 4.69) is 20.4 Å². The van der Waals surface area contributed by atoms with Crippen molar-refractivity contribution in [1.82, 2.24) is 15.1 Å². The molecule has 1 atom stereocenters. The van der Waals surface area contributed by atoms with Gasteiger partial charge in [-0.3, -0.25) is 14.7 Å². The van der Waals surface area contributed by atoms with Gasteiger partial charge < -0.3 is 29.7 Å². The molecule has 4 heterocycles. The quantitative estimate of drug-likeness (QED) is 0.570. The van der Waals surface area contributed by atoms with Crippen LogP contribution in [-0.2, 0) is 4.74 Å². The van der Waals surface area contributed by atoms with Gasteiger partial charge in [-0.05, 0) is 30.0 Å². The molecule has 1 fully saturated rings. The molecule has 176 valence electrons.